The molecule has 0 bridgehead atoms. The summed E-state index contributed by atoms with van der Waals surface area (Å²) in [7, 11) is 0. The molecule has 1 saturated carbocycles. The lowest BCUT2D eigenvalue weighted by Gasteiger charge is -2.35. The van der Waals surface area contributed by atoms with E-state index in [-0.39, 0.29) is 24.7 Å². The number of nitrogens with zero attached hydrogens (tertiary/aromatic N) is 1. The van der Waals surface area contributed by atoms with E-state index in [1.807, 2.05) is 0 Å². The summed E-state index contributed by atoms with van der Waals surface area (Å²) in [4.78, 5) is 28.4. The second-order valence-electron chi connectivity index (χ2n) is 9.02. The highest BCUT2D eigenvalue weighted by atomic mass is 19.1. The van der Waals surface area contributed by atoms with Gasteiger partial charge < -0.3 is 20.5 Å². The minimum absolute atomic E-state index is 0.0616. The lowest BCUT2D eigenvalue weighted by atomic mass is 9.79. The number of carbonyl (C=O) groups excluding carboxylic acids is 1. The third-order valence-corrected chi connectivity index (χ3v) is 6.44. The Balaban J connectivity index is 1.16. The van der Waals surface area contributed by atoms with E-state index in [2.05, 4.69) is 22.8 Å². The van der Waals surface area contributed by atoms with E-state index < -0.39 is 29.6 Å². The summed E-state index contributed by atoms with van der Waals surface area (Å²) in [5, 5.41) is 15.0. The van der Waals surface area contributed by atoms with Gasteiger partial charge in [-0.25, -0.2) is 18.6 Å². The maximum absolute atomic E-state index is 13.3. The second kappa shape index (κ2) is 10.9. The minimum atomic E-state index is -1.23. The number of aryl methyl sites for hydroxylation is 2. The van der Waals surface area contributed by atoms with Gasteiger partial charge in [-0.1, -0.05) is 6.07 Å². The standard InChI is InChI=1S/C25H29F2N3O4/c26-18-12-17(13-19(27)14-18)24(31)30-22(25(32)33)7-9-34-21-10-15(11-21)3-5-20-6-4-16-2-1-8-28-23(16)29-20/h4,6,12-15,21-22H,1-3,5,7-11H2,(H,28,29)(H,30,31)(H,32,33)/t15?,21?,22-/m0/s1. The van der Waals surface area contributed by atoms with Crippen LogP contribution in [0.5, 0.6) is 0 Å². The van der Waals surface area contributed by atoms with Crippen molar-refractivity contribution in [2.75, 3.05) is 18.5 Å². The number of nitrogens with one attached hydrogen (secondary N) is 2. The van der Waals surface area contributed by atoms with Gasteiger partial charge in [-0.2, -0.15) is 0 Å². The highest BCUT2D eigenvalue weighted by Crippen LogP contribution is 2.34. The summed E-state index contributed by atoms with van der Waals surface area (Å²) in [5.74, 6) is -2.32. The van der Waals surface area contributed by atoms with Gasteiger partial charge in [0.2, 0.25) is 0 Å². The van der Waals surface area contributed by atoms with Crippen LogP contribution in [0.2, 0.25) is 0 Å². The molecule has 7 nitrogen and oxygen atoms in total. The lowest BCUT2D eigenvalue weighted by Crippen LogP contribution is -2.42. The lowest BCUT2D eigenvalue weighted by molar-refractivity contribution is -0.140. The topological polar surface area (TPSA) is 101 Å². The van der Waals surface area contributed by atoms with Gasteiger partial charge in [0, 0.05) is 36.9 Å². The van der Waals surface area contributed by atoms with Crippen LogP contribution < -0.4 is 10.6 Å². The molecule has 1 aromatic carbocycles. The zero-order chi connectivity index (χ0) is 24.1. The number of aromatic nitrogens is 1. The normalized spacial score (nSPS) is 19.9. The maximum atomic E-state index is 13.3. The molecule has 0 spiro atoms. The molecule has 1 fully saturated rings. The molecule has 1 amide bonds. The number of pyridine rings is 1. The van der Waals surface area contributed by atoms with Gasteiger partial charge in [-0.05, 0) is 68.2 Å². The quantitative estimate of drug-likeness (QED) is 0.486. The number of anilines is 1. The van der Waals surface area contributed by atoms with Crippen molar-refractivity contribution < 1.29 is 28.2 Å². The van der Waals surface area contributed by atoms with E-state index in [1.165, 1.54) is 5.56 Å². The van der Waals surface area contributed by atoms with Gasteiger partial charge in [-0.15, -0.1) is 0 Å². The molecule has 2 aromatic rings. The average Bonchev–Trinajstić information content (AvgIpc) is 2.78. The van der Waals surface area contributed by atoms with Crippen LogP contribution in [-0.2, 0) is 22.4 Å². The highest BCUT2D eigenvalue weighted by molar-refractivity contribution is 5.96. The van der Waals surface area contributed by atoms with Crippen LogP contribution in [0.25, 0.3) is 0 Å². The number of benzene rings is 1. The Bertz CT molecular complexity index is 1020. The summed E-state index contributed by atoms with van der Waals surface area (Å²) in [6.07, 6.45) is 6.13. The summed E-state index contributed by atoms with van der Waals surface area (Å²) < 4.78 is 32.4. The zero-order valence-electron chi connectivity index (χ0n) is 18.9. The first-order valence-electron chi connectivity index (χ1n) is 11.7. The summed E-state index contributed by atoms with van der Waals surface area (Å²) in [5.41, 5.74) is 2.11. The first-order valence-corrected chi connectivity index (χ1v) is 11.7. The van der Waals surface area contributed by atoms with E-state index in [9.17, 15) is 23.5 Å². The molecule has 1 aromatic heterocycles. The molecule has 0 saturated heterocycles. The van der Waals surface area contributed by atoms with E-state index in [4.69, 9.17) is 9.72 Å². The van der Waals surface area contributed by atoms with Crippen LogP contribution in [0, 0.1) is 17.6 Å². The van der Waals surface area contributed by atoms with Crippen molar-refractivity contribution in [1.29, 1.82) is 0 Å². The van der Waals surface area contributed by atoms with Crippen LogP contribution in [0.3, 0.4) is 0 Å². The van der Waals surface area contributed by atoms with Gasteiger partial charge in [0.1, 0.15) is 23.5 Å². The Kier molecular flexibility index (Phi) is 7.72. The smallest absolute Gasteiger partial charge is 0.326 e. The molecule has 3 N–H and O–H groups in total. The van der Waals surface area contributed by atoms with Crippen LogP contribution in [-0.4, -0.2) is 47.3 Å². The minimum Gasteiger partial charge on any atom is -0.480 e. The van der Waals surface area contributed by atoms with Gasteiger partial charge in [-0.3, -0.25) is 4.79 Å². The van der Waals surface area contributed by atoms with Gasteiger partial charge in [0.15, 0.2) is 0 Å². The van der Waals surface area contributed by atoms with Crippen molar-refractivity contribution in [3.63, 3.8) is 0 Å². The predicted octanol–water partition coefficient (Wildman–Crippen LogP) is 3.72. The SMILES string of the molecule is O=C(N[C@@H](CCOC1CC(CCc2ccc3c(n2)NCCC3)C1)C(=O)O)c1cc(F)cc(F)c1. The Labute approximate surface area is 196 Å². The monoisotopic (exact) mass is 473 g/mol. The fourth-order valence-electron chi connectivity index (χ4n) is 4.44. The molecule has 1 aliphatic heterocycles. The molecular weight excluding hydrogens is 444 g/mol. The van der Waals surface area contributed by atoms with Crippen molar-refractivity contribution in [2.24, 2.45) is 5.92 Å². The van der Waals surface area contributed by atoms with Crippen LogP contribution in [0.4, 0.5) is 14.6 Å². The second-order valence-corrected chi connectivity index (χ2v) is 9.02. The Morgan fingerprint density at radius 2 is 1.97 bits per heavy atom. The number of halogens is 2. The van der Waals surface area contributed by atoms with Gasteiger partial charge in [0.25, 0.3) is 5.91 Å². The van der Waals surface area contributed by atoms with Gasteiger partial charge in [0.05, 0.1) is 6.10 Å². The summed E-state index contributed by atoms with van der Waals surface area (Å²) in [6.45, 7) is 1.14. The molecule has 0 unspecified atom stereocenters. The number of hydrogen-bond donors (Lipinski definition) is 3. The number of carboxylic acids is 1. The molecule has 1 aliphatic carbocycles. The number of hydrogen-bond acceptors (Lipinski definition) is 5. The Hall–Kier alpha value is -3.07. The molecule has 4 rings (SSSR count). The van der Waals surface area contributed by atoms with E-state index >= 15 is 0 Å². The number of ether oxygens (including phenoxy) is 1. The molecule has 34 heavy (non-hydrogen) atoms. The zero-order valence-corrected chi connectivity index (χ0v) is 18.9. The number of rotatable bonds is 10. The van der Waals surface area contributed by atoms with Gasteiger partial charge >= 0.3 is 5.97 Å². The molecule has 1 atom stereocenters. The molecular formula is C25H29F2N3O4. The number of aliphatic carboxylic acids is 1. The Morgan fingerprint density at radius 1 is 1.21 bits per heavy atom. The number of fused-ring (bicyclic) bond motifs is 1. The van der Waals surface area contributed by atoms with Crippen LogP contribution >= 0.6 is 0 Å². The van der Waals surface area contributed by atoms with E-state index in [1.54, 1.807) is 0 Å². The number of amides is 1. The predicted molar refractivity (Wildman–Crippen MR) is 122 cm³/mol. The van der Waals surface area contributed by atoms with E-state index in [0.717, 1.165) is 68.7 Å². The van der Waals surface area contributed by atoms with Crippen molar-refractivity contribution in [1.82, 2.24) is 10.3 Å². The van der Waals surface area contributed by atoms with Crippen LogP contribution in [0.1, 0.15) is 53.7 Å². The van der Waals surface area contributed by atoms with Crippen LogP contribution in [0.15, 0.2) is 30.3 Å². The third kappa shape index (κ3) is 6.28. The van der Waals surface area contributed by atoms with Crippen molar-refractivity contribution in [3.05, 3.63) is 58.8 Å². The number of carbonyl (C=O) groups is 2. The molecule has 9 heteroatoms. The fourth-order valence-corrected chi connectivity index (χ4v) is 4.44. The summed E-state index contributed by atoms with van der Waals surface area (Å²) in [6, 6.07) is 5.43. The largest absolute Gasteiger partial charge is 0.480 e. The van der Waals surface area contributed by atoms with Crippen molar-refractivity contribution in [2.45, 2.75) is 57.1 Å². The molecule has 2 heterocycles. The molecule has 182 valence electrons. The maximum Gasteiger partial charge on any atom is 0.326 e. The summed E-state index contributed by atoms with van der Waals surface area (Å²) >= 11 is 0. The number of carboxylic acid groups (broad SMARTS) is 1. The highest BCUT2D eigenvalue weighted by Gasteiger charge is 2.30. The fraction of sp³-hybridized carbons (Fsp3) is 0.480. The van der Waals surface area contributed by atoms with Crippen molar-refractivity contribution in [3.8, 4) is 0 Å². The first kappa shape index (κ1) is 24.1. The first-order chi connectivity index (χ1) is 16.4. The third-order valence-electron chi connectivity index (χ3n) is 6.44. The average molecular weight is 474 g/mol. The molecule has 2 aliphatic rings. The molecule has 0 radical (unpaired) electrons. The Morgan fingerprint density at radius 3 is 2.71 bits per heavy atom. The van der Waals surface area contributed by atoms with Crippen molar-refractivity contribution >= 4 is 17.7 Å². The van der Waals surface area contributed by atoms with E-state index in [0.29, 0.717) is 12.0 Å².